The molecule has 0 aromatic carbocycles. The first-order valence-electron chi connectivity index (χ1n) is 9.71. The first kappa shape index (κ1) is 24.5. The number of hydrogen-bond donors (Lipinski definition) is 1. The number of pyridine rings is 1. The van der Waals surface area contributed by atoms with Crippen LogP contribution in [0.25, 0.3) is 0 Å². The van der Waals surface area contributed by atoms with E-state index in [-0.39, 0.29) is 37.3 Å². The number of likely N-dealkylation sites (tertiary alicyclic amines) is 1. The first-order valence-corrected chi connectivity index (χ1v) is 11.4. The van der Waals surface area contributed by atoms with Crippen LogP contribution in [0.2, 0.25) is 0 Å². The number of alkyl halides is 3. The lowest BCUT2D eigenvalue weighted by atomic mass is 9.83. The molecule has 4 heterocycles. The van der Waals surface area contributed by atoms with Crippen LogP contribution < -0.4 is 4.74 Å². The number of ether oxygens (including phenoxy) is 1. The fourth-order valence-corrected chi connectivity index (χ4v) is 6.16. The molecule has 4 rings (SSSR count). The average Bonchev–Trinajstić information content (AvgIpc) is 3.25. The van der Waals surface area contributed by atoms with Crippen LogP contribution in [0.5, 0.6) is 5.88 Å². The number of aryl methyl sites for hydroxylation is 1. The summed E-state index contributed by atoms with van der Waals surface area (Å²) in [5.74, 6) is -2.53. The highest BCUT2D eigenvalue weighted by atomic mass is 32.2. The Morgan fingerprint density at radius 1 is 1.27 bits per heavy atom. The summed E-state index contributed by atoms with van der Waals surface area (Å²) in [5.41, 5.74) is 0.332. The van der Waals surface area contributed by atoms with Gasteiger partial charge >= 0.3 is 12.1 Å². The molecule has 33 heavy (non-hydrogen) atoms. The Labute approximate surface area is 186 Å². The SMILES string of the molecule is Cn1ccc(C(=O)N2CC3(C2)C(COc2ccccn2)CCS3(=O)=O)n1.O=C(O)C(F)(F)F. The van der Waals surface area contributed by atoms with Crippen molar-refractivity contribution in [3.05, 3.63) is 42.4 Å². The van der Waals surface area contributed by atoms with Crippen LogP contribution in [-0.4, -0.2) is 81.4 Å². The van der Waals surface area contributed by atoms with Crippen LogP contribution in [-0.2, 0) is 21.7 Å². The van der Waals surface area contributed by atoms with Gasteiger partial charge in [-0.1, -0.05) is 6.07 Å². The molecule has 0 bridgehead atoms. The molecule has 1 amide bonds. The summed E-state index contributed by atoms with van der Waals surface area (Å²) in [6, 6.07) is 6.99. The number of carbonyl (C=O) groups excluding carboxylic acids is 1. The van der Waals surface area contributed by atoms with Gasteiger partial charge in [-0.05, 0) is 18.6 Å². The number of halogens is 3. The Morgan fingerprint density at radius 2 is 1.94 bits per heavy atom. The van der Waals surface area contributed by atoms with Gasteiger partial charge in [0, 0.05) is 44.5 Å². The molecule has 2 fully saturated rings. The molecule has 0 saturated carbocycles. The summed E-state index contributed by atoms with van der Waals surface area (Å²) >= 11 is 0. The molecule has 0 radical (unpaired) electrons. The van der Waals surface area contributed by atoms with Crippen molar-refractivity contribution in [1.29, 1.82) is 0 Å². The zero-order valence-corrected chi connectivity index (χ0v) is 18.2. The van der Waals surface area contributed by atoms with Crippen molar-refractivity contribution >= 4 is 21.7 Å². The summed E-state index contributed by atoms with van der Waals surface area (Å²) in [6.07, 6.45) is -1.22. The monoisotopic (exact) mass is 490 g/mol. The van der Waals surface area contributed by atoms with Crippen LogP contribution in [0.3, 0.4) is 0 Å². The lowest BCUT2D eigenvalue weighted by Gasteiger charge is -2.49. The largest absolute Gasteiger partial charge is 0.490 e. The molecule has 2 saturated heterocycles. The van der Waals surface area contributed by atoms with Crippen molar-refractivity contribution in [3.8, 4) is 5.88 Å². The minimum Gasteiger partial charge on any atom is -0.477 e. The molecule has 1 spiro atoms. The van der Waals surface area contributed by atoms with Crippen molar-refractivity contribution in [2.75, 3.05) is 25.4 Å². The average molecular weight is 490 g/mol. The second-order valence-electron chi connectivity index (χ2n) is 7.69. The van der Waals surface area contributed by atoms with E-state index in [1.54, 1.807) is 47.2 Å². The Kier molecular flexibility index (Phi) is 6.68. The number of amides is 1. The molecule has 2 aromatic heterocycles. The van der Waals surface area contributed by atoms with Crippen molar-refractivity contribution in [2.24, 2.45) is 13.0 Å². The van der Waals surface area contributed by atoms with Gasteiger partial charge in [-0.15, -0.1) is 0 Å². The molecule has 2 aliphatic heterocycles. The molecule has 1 N–H and O–H groups in total. The maximum Gasteiger partial charge on any atom is 0.490 e. The fourth-order valence-electron chi connectivity index (χ4n) is 3.76. The van der Waals surface area contributed by atoms with Gasteiger partial charge < -0.3 is 14.7 Å². The Bertz CT molecular complexity index is 1110. The van der Waals surface area contributed by atoms with E-state index in [0.717, 1.165) is 0 Å². The van der Waals surface area contributed by atoms with E-state index in [4.69, 9.17) is 14.6 Å². The summed E-state index contributed by atoms with van der Waals surface area (Å²) < 4.78 is 63.4. The third kappa shape index (κ3) is 5.10. The van der Waals surface area contributed by atoms with Gasteiger partial charge in [0.2, 0.25) is 5.88 Å². The molecular formula is C19H21F3N4O6S. The minimum atomic E-state index is -5.08. The first-order chi connectivity index (χ1) is 15.4. The zero-order chi connectivity index (χ0) is 24.4. The van der Waals surface area contributed by atoms with E-state index in [0.29, 0.717) is 18.0 Å². The molecule has 1 unspecified atom stereocenters. The van der Waals surface area contributed by atoms with E-state index < -0.39 is 26.7 Å². The Balaban J connectivity index is 0.000000383. The smallest absolute Gasteiger partial charge is 0.477 e. The van der Waals surface area contributed by atoms with E-state index in [2.05, 4.69) is 10.1 Å². The van der Waals surface area contributed by atoms with Gasteiger partial charge in [0.05, 0.1) is 12.4 Å². The highest BCUT2D eigenvalue weighted by molar-refractivity contribution is 7.93. The molecule has 1 atom stereocenters. The number of rotatable bonds is 4. The molecule has 0 aliphatic carbocycles. The summed E-state index contributed by atoms with van der Waals surface area (Å²) in [7, 11) is -1.53. The molecular weight excluding hydrogens is 469 g/mol. The molecule has 2 aromatic rings. The zero-order valence-electron chi connectivity index (χ0n) is 17.4. The normalized spacial score (nSPS) is 20.5. The minimum absolute atomic E-state index is 0.134. The van der Waals surface area contributed by atoms with E-state index in [9.17, 15) is 26.4 Å². The highest BCUT2D eigenvalue weighted by Gasteiger charge is 2.62. The number of aliphatic carboxylic acids is 1. The Morgan fingerprint density at radius 3 is 2.45 bits per heavy atom. The van der Waals surface area contributed by atoms with Gasteiger partial charge in [0.1, 0.15) is 10.4 Å². The lowest BCUT2D eigenvalue weighted by Crippen LogP contribution is -2.69. The maximum atomic E-state index is 12.7. The van der Waals surface area contributed by atoms with E-state index in [1.807, 2.05) is 6.07 Å². The van der Waals surface area contributed by atoms with Gasteiger partial charge in [0.15, 0.2) is 9.84 Å². The second kappa shape index (κ2) is 9.00. The van der Waals surface area contributed by atoms with Crippen LogP contribution in [0.15, 0.2) is 36.7 Å². The fraction of sp³-hybridized carbons (Fsp3) is 0.474. The third-order valence-electron chi connectivity index (χ3n) is 5.55. The molecule has 14 heteroatoms. The number of carbonyl (C=O) groups is 2. The van der Waals surface area contributed by atoms with Crippen LogP contribution in [0.1, 0.15) is 16.9 Å². The second-order valence-corrected chi connectivity index (χ2v) is 10.1. The quantitative estimate of drug-likeness (QED) is 0.675. The summed E-state index contributed by atoms with van der Waals surface area (Å²) in [4.78, 5) is 27.0. The molecule has 10 nitrogen and oxygen atoms in total. The number of nitrogens with zero attached hydrogens (tertiary/aromatic N) is 4. The predicted octanol–water partition coefficient (Wildman–Crippen LogP) is 1.16. The van der Waals surface area contributed by atoms with Crippen molar-refractivity contribution in [2.45, 2.75) is 17.3 Å². The van der Waals surface area contributed by atoms with Crippen molar-refractivity contribution in [1.82, 2.24) is 19.7 Å². The number of carboxylic acids is 1. The van der Waals surface area contributed by atoms with Gasteiger partial charge in [-0.3, -0.25) is 9.48 Å². The van der Waals surface area contributed by atoms with Gasteiger partial charge in [0.25, 0.3) is 5.91 Å². The standard InChI is InChI=1S/C17H20N4O4S.C2HF3O2/c1-20-8-5-14(19-20)16(22)21-11-17(12-21)13(6-9-26(17,23)24)10-25-15-4-2-3-7-18-15;3-2(4,5)1(6)7/h2-5,7-8,13H,6,9-12H2,1H3;(H,6,7). The summed E-state index contributed by atoms with van der Waals surface area (Å²) in [6.45, 7) is 0.670. The third-order valence-corrected chi connectivity index (χ3v) is 8.15. The van der Waals surface area contributed by atoms with Gasteiger partial charge in [-0.25, -0.2) is 18.2 Å². The number of aromatic nitrogens is 3. The predicted molar refractivity (Wildman–Crippen MR) is 107 cm³/mol. The Hall–Kier alpha value is -3.16. The van der Waals surface area contributed by atoms with Crippen molar-refractivity contribution < 1.29 is 41.0 Å². The number of sulfone groups is 1. The van der Waals surface area contributed by atoms with Gasteiger partial charge in [-0.2, -0.15) is 18.3 Å². The van der Waals surface area contributed by atoms with E-state index in [1.165, 1.54) is 0 Å². The summed E-state index contributed by atoms with van der Waals surface area (Å²) in [5, 5.41) is 11.2. The lowest BCUT2D eigenvalue weighted by molar-refractivity contribution is -0.192. The van der Waals surface area contributed by atoms with Crippen LogP contribution in [0, 0.1) is 5.92 Å². The van der Waals surface area contributed by atoms with Crippen LogP contribution in [0.4, 0.5) is 13.2 Å². The number of carboxylic acid groups (broad SMARTS) is 1. The topological polar surface area (TPSA) is 132 Å². The molecule has 180 valence electrons. The molecule has 2 aliphatic rings. The van der Waals surface area contributed by atoms with Crippen molar-refractivity contribution in [3.63, 3.8) is 0 Å². The number of hydrogen-bond acceptors (Lipinski definition) is 7. The van der Waals surface area contributed by atoms with E-state index >= 15 is 0 Å². The van der Waals surface area contributed by atoms with Crippen LogP contribution >= 0.6 is 0 Å². The highest BCUT2D eigenvalue weighted by Crippen LogP contribution is 2.45. The maximum absolute atomic E-state index is 12.7.